The predicted molar refractivity (Wildman–Crippen MR) is 116 cm³/mol. The van der Waals surface area contributed by atoms with Gasteiger partial charge in [0.15, 0.2) is 5.37 Å². The van der Waals surface area contributed by atoms with Crippen molar-refractivity contribution in [1.82, 2.24) is 15.2 Å². The van der Waals surface area contributed by atoms with Crippen LogP contribution in [0.3, 0.4) is 0 Å². The molecule has 4 saturated heterocycles. The SMILES string of the molecule is O=C1[C@H]2NC(=O)[C@@]3(SS2)[C@@H](O)C2(c4c[nH]c5ccccc45)c4ccccc4N[C@@H]2N13. The Kier molecular flexibility index (Phi) is 3.05. The molecule has 5 aliphatic rings. The molecule has 4 N–H and O–H groups in total. The van der Waals surface area contributed by atoms with Gasteiger partial charge in [-0.25, -0.2) is 0 Å². The number of aromatic amines is 1. The van der Waals surface area contributed by atoms with Gasteiger partial charge in [0.25, 0.3) is 11.8 Å². The maximum Gasteiger partial charge on any atom is 0.261 e. The van der Waals surface area contributed by atoms with Gasteiger partial charge in [0.05, 0.1) is 5.41 Å². The Balaban J connectivity index is 1.60. The number of H-pyrrole nitrogens is 1. The van der Waals surface area contributed by atoms with Crippen LogP contribution >= 0.6 is 21.6 Å². The molecule has 5 atom stereocenters. The van der Waals surface area contributed by atoms with Crippen molar-refractivity contribution >= 4 is 50.0 Å². The summed E-state index contributed by atoms with van der Waals surface area (Å²) < 4.78 is 0. The molecule has 6 heterocycles. The van der Waals surface area contributed by atoms with Gasteiger partial charge in [-0.3, -0.25) is 14.5 Å². The highest BCUT2D eigenvalue weighted by atomic mass is 33.1. The zero-order valence-corrected chi connectivity index (χ0v) is 17.1. The number of hydrogen-bond donors (Lipinski definition) is 4. The summed E-state index contributed by atoms with van der Waals surface area (Å²) in [5.74, 6) is -0.485. The number of carbonyl (C=O) groups excluding carboxylic acids is 2. The molecule has 2 aromatic carbocycles. The lowest BCUT2D eigenvalue weighted by Crippen LogP contribution is -2.73. The molecule has 1 aromatic heterocycles. The highest BCUT2D eigenvalue weighted by Gasteiger charge is 2.79. The van der Waals surface area contributed by atoms with Gasteiger partial charge < -0.3 is 20.7 Å². The van der Waals surface area contributed by atoms with E-state index in [-0.39, 0.29) is 11.8 Å². The van der Waals surface area contributed by atoms with E-state index in [0.717, 1.165) is 27.7 Å². The lowest BCUT2D eigenvalue weighted by atomic mass is 9.70. The van der Waals surface area contributed by atoms with Gasteiger partial charge in [-0.15, -0.1) is 0 Å². The first kappa shape index (κ1) is 17.1. The number of anilines is 1. The van der Waals surface area contributed by atoms with Gasteiger partial charge in [0.2, 0.25) is 4.87 Å². The fraction of sp³-hybridized carbons (Fsp3) is 0.238. The van der Waals surface area contributed by atoms with Gasteiger partial charge in [0, 0.05) is 22.8 Å². The minimum absolute atomic E-state index is 0.176. The van der Waals surface area contributed by atoms with Crippen LogP contribution in [0.15, 0.2) is 54.7 Å². The second-order valence-corrected chi connectivity index (χ2v) is 10.6. The van der Waals surface area contributed by atoms with Gasteiger partial charge in [-0.1, -0.05) is 47.2 Å². The number of rotatable bonds is 1. The van der Waals surface area contributed by atoms with Crippen LogP contribution in [0.2, 0.25) is 0 Å². The minimum atomic E-state index is -1.39. The first-order chi connectivity index (χ1) is 14.6. The second-order valence-electron chi connectivity index (χ2n) is 8.05. The van der Waals surface area contributed by atoms with Crippen molar-refractivity contribution in [3.63, 3.8) is 0 Å². The number of carbonyl (C=O) groups is 2. The van der Waals surface area contributed by atoms with Crippen LogP contribution in [0.5, 0.6) is 0 Å². The zero-order valence-electron chi connectivity index (χ0n) is 15.5. The van der Waals surface area contributed by atoms with E-state index in [1.165, 1.54) is 21.6 Å². The molecule has 8 rings (SSSR count). The fourth-order valence-corrected chi connectivity index (χ4v) is 8.82. The summed E-state index contributed by atoms with van der Waals surface area (Å²) >= 11 is 0. The Labute approximate surface area is 179 Å². The summed E-state index contributed by atoms with van der Waals surface area (Å²) in [7, 11) is 2.61. The Hall–Kier alpha value is -2.62. The van der Waals surface area contributed by atoms with Crippen LogP contribution in [-0.2, 0) is 15.0 Å². The molecule has 2 bridgehead atoms. The van der Waals surface area contributed by atoms with Crippen LogP contribution in [0, 0.1) is 0 Å². The largest absolute Gasteiger partial charge is 0.388 e. The topological polar surface area (TPSA) is 97.5 Å². The number of benzene rings is 2. The molecule has 3 aromatic rings. The molecule has 1 spiro atoms. The average Bonchev–Trinajstić information content (AvgIpc) is 3.39. The highest BCUT2D eigenvalue weighted by Crippen LogP contribution is 2.66. The number of nitrogens with one attached hydrogen (secondary N) is 3. The van der Waals surface area contributed by atoms with Crippen molar-refractivity contribution in [2.45, 2.75) is 27.9 Å². The zero-order chi connectivity index (χ0) is 20.3. The number of nitrogens with zero attached hydrogens (tertiary/aromatic N) is 1. The number of aromatic nitrogens is 1. The molecule has 7 nitrogen and oxygen atoms in total. The summed E-state index contributed by atoms with van der Waals surface area (Å²) in [6, 6.07) is 15.7. The number of amides is 2. The molecule has 0 saturated carbocycles. The van der Waals surface area contributed by atoms with E-state index in [9.17, 15) is 14.7 Å². The molecule has 1 unspecified atom stereocenters. The van der Waals surface area contributed by atoms with Crippen LogP contribution in [-0.4, -0.2) is 49.3 Å². The molecule has 9 heteroatoms. The van der Waals surface area contributed by atoms with Crippen LogP contribution in [0.25, 0.3) is 10.9 Å². The third-order valence-electron chi connectivity index (χ3n) is 6.87. The van der Waals surface area contributed by atoms with E-state index in [2.05, 4.69) is 15.6 Å². The van der Waals surface area contributed by atoms with Crippen molar-refractivity contribution < 1.29 is 14.7 Å². The van der Waals surface area contributed by atoms with Crippen molar-refractivity contribution in [1.29, 1.82) is 0 Å². The lowest BCUT2D eigenvalue weighted by molar-refractivity contribution is -0.150. The third kappa shape index (κ3) is 1.62. The van der Waals surface area contributed by atoms with Gasteiger partial charge >= 0.3 is 0 Å². The predicted octanol–water partition coefficient (Wildman–Crippen LogP) is 1.96. The van der Waals surface area contributed by atoms with Gasteiger partial charge in [0.1, 0.15) is 12.3 Å². The van der Waals surface area contributed by atoms with Crippen molar-refractivity contribution in [2.24, 2.45) is 0 Å². The van der Waals surface area contributed by atoms with E-state index in [0.29, 0.717) is 0 Å². The fourth-order valence-electron chi connectivity index (χ4n) is 5.67. The average molecular weight is 437 g/mol. The van der Waals surface area contributed by atoms with E-state index in [1.54, 1.807) is 4.90 Å². The smallest absolute Gasteiger partial charge is 0.261 e. The monoisotopic (exact) mass is 436 g/mol. The number of aliphatic hydroxyl groups is 1. The number of aliphatic hydroxyl groups excluding tert-OH is 1. The van der Waals surface area contributed by atoms with Gasteiger partial charge in [-0.2, -0.15) is 0 Å². The minimum Gasteiger partial charge on any atom is -0.388 e. The van der Waals surface area contributed by atoms with E-state index >= 15 is 0 Å². The summed E-state index contributed by atoms with van der Waals surface area (Å²) in [6.07, 6.45) is 0.193. The van der Waals surface area contributed by atoms with Crippen molar-refractivity contribution in [3.05, 3.63) is 65.9 Å². The number of piperazine rings is 1. The van der Waals surface area contributed by atoms with E-state index in [1.807, 2.05) is 54.7 Å². The Morgan fingerprint density at radius 2 is 1.80 bits per heavy atom. The van der Waals surface area contributed by atoms with Crippen molar-refractivity contribution in [2.75, 3.05) is 5.32 Å². The van der Waals surface area contributed by atoms with Crippen LogP contribution in [0.1, 0.15) is 11.1 Å². The lowest BCUT2D eigenvalue weighted by Gasteiger charge is -2.49. The molecule has 4 fully saturated rings. The second kappa shape index (κ2) is 5.35. The molecule has 5 aliphatic heterocycles. The normalized spacial score (nSPS) is 35.8. The molecular formula is C21H16N4O3S2. The van der Waals surface area contributed by atoms with E-state index in [4.69, 9.17) is 0 Å². The molecule has 2 amide bonds. The first-order valence-corrected chi connectivity index (χ1v) is 11.9. The summed E-state index contributed by atoms with van der Waals surface area (Å²) in [5, 5.41) is 18.6. The van der Waals surface area contributed by atoms with Crippen molar-refractivity contribution in [3.8, 4) is 0 Å². The standard InChI is InChI=1S/C21H16N4O3S2/c26-16-15-24-19(28)21(30-29-15)17(27)20(12-9-22-13-7-3-1-5-10(12)13)11-6-2-4-8-14(11)23-18(20)25(16)21/h1-9,15,17-18,22-23,27H,(H,24,28)/t15-,17-,18+,20?,21-/m0/s1. The van der Waals surface area contributed by atoms with Crippen LogP contribution < -0.4 is 10.6 Å². The number of fused-ring (bicyclic) bond motifs is 6. The summed E-state index contributed by atoms with van der Waals surface area (Å²) in [4.78, 5) is 30.1. The highest BCUT2D eigenvalue weighted by molar-refractivity contribution is 8.78. The third-order valence-corrected chi connectivity index (χ3v) is 9.97. The number of hydrogen-bond acceptors (Lipinski definition) is 6. The first-order valence-electron chi connectivity index (χ1n) is 9.69. The summed E-state index contributed by atoms with van der Waals surface area (Å²) in [5.41, 5.74) is 2.60. The molecule has 0 radical (unpaired) electrons. The maximum atomic E-state index is 13.3. The summed E-state index contributed by atoms with van der Waals surface area (Å²) in [6.45, 7) is 0. The molecular weight excluding hydrogens is 420 g/mol. The van der Waals surface area contributed by atoms with Crippen LogP contribution in [0.4, 0.5) is 5.69 Å². The Bertz CT molecular complexity index is 1270. The molecule has 30 heavy (non-hydrogen) atoms. The molecule has 0 aliphatic carbocycles. The van der Waals surface area contributed by atoms with Gasteiger partial charge in [-0.05, 0) is 34.1 Å². The quantitative estimate of drug-likeness (QED) is 0.436. The molecule has 150 valence electrons. The Morgan fingerprint density at radius 3 is 2.67 bits per heavy atom. The van der Waals surface area contributed by atoms with E-state index < -0.39 is 27.9 Å². The number of para-hydroxylation sites is 2. The Morgan fingerprint density at radius 1 is 1.00 bits per heavy atom. The maximum absolute atomic E-state index is 13.3.